The fourth-order valence-corrected chi connectivity index (χ4v) is 3.98. The molecule has 0 saturated heterocycles. The minimum atomic E-state index is -1.02. The van der Waals surface area contributed by atoms with Gasteiger partial charge in [-0.3, -0.25) is 9.59 Å². The number of likely N-dealkylation sites (N-methyl/N-ethyl adjacent to an activating group) is 1. The average Bonchev–Trinajstić information content (AvgIpc) is 2.94. The van der Waals surface area contributed by atoms with Gasteiger partial charge in [-0.25, -0.2) is 4.98 Å². The lowest BCUT2D eigenvalue weighted by Gasteiger charge is -2.13. The Bertz CT molecular complexity index is 959. The molecule has 1 aromatic heterocycles. The van der Waals surface area contributed by atoms with E-state index in [1.807, 2.05) is 25.1 Å². The van der Waals surface area contributed by atoms with Crippen LogP contribution in [0.5, 0.6) is 0 Å². The van der Waals surface area contributed by atoms with Crippen LogP contribution >= 0.6 is 11.3 Å². The molecule has 3 rings (SSSR count). The van der Waals surface area contributed by atoms with Crippen molar-refractivity contribution in [1.29, 1.82) is 0 Å². The van der Waals surface area contributed by atoms with Gasteiger partial charge in [0.05, 0.1) is 17.1 Å². The summed E-state index contributed by atoms with van der Waals surface area (Å²) in [4.78, 5) is 29.7. The summed E-state index contributed by atoms with van der Waals surface area (Å²) in [6.45, 7) is 1.60. The summed E-state index contributed by atoms with van der Waals surface area (Å²) in [5.41, 5.74) is 2.04. The fraction of sp³-hybridized carbons (Fsp3) is 0.250. The molecule has 0 aliphatic rings. The van der Waals surface area contributed by atoms with Crippen LogP contribution in [0.2, 0.25) is 0 Å². The zero-order valence-electron chi connectivity index (χ0n) is 14.7. The predicted octanol–water partition coefficient (Wildman–Crippen LogP) is 3.28. The van der Waals surface area contributed by atoms with E-state index in [9.17, 15) is 9.59 Å². The average molecular weight is 368 g/mol. The number of amides is 1. The van der Waals surface area contributed by atoms with E-state index in [1.54, 1.807) is 0 Å². The Kier molecular flexibility index (Phi) is 5.32. The first-order valence-corrected chi connectivity index (χ1v) is 9.13. The number of benzene rings is 2. The Morgan fingerprint density at radius 2 is 1.88 bits per heavy atom. The van der Waals surface area contributed by atoms with Crippen molar-refractivity contribution >= 4 is 34.0 Å². The van der Waals surface area contributed by atoms with Crippen molar-refractivity contribution in [2.75, 3.05) is 13.6 Å². The number of carboxylic acid groups (broad SMARTS) is 1. The molecule has 0 saturated carbocycles. The molecule has 0 aliphatic carbocycles. The lowest BCUT2D eigenvalue weighted by molar-refractivity contribution is -0.143. The highest BCUT2D eigenvalue weighted by Crippen LogP contribution is 2.25. The van der Waals surface area contributed by atoms with Gasteiger partial charge in [0.2, 0.25) is 5.91 Å². The van der Waals surface area contributed by atoms with Gasteiger partial charge in [-0.05, 0) is 23.3 Å². The molecule has 26 heavy (non-hydrogen) atoms. The number of aromatic nitrogens is 1. The van der Waals surface area contributed by atoms with Crippen molar-refractivity contribution in [3.05, 3.63) is 63.6 Å². The molecule has 1 N–H and O–H groups in total. The summed E-state index contributed by atoms with van der Waals surface area (Å²) in [5, 5.41) is 12.2. The maximum atomic E-state index is 12.2. The van der Waals surface area contributed by atoms with Crippen LogP contribution in [0.3, 0.4) is 0 Å². The minimum absolute atomic E-state index is 0.183. The molecule has 1 amide bonds. The molecule has 0 unspecified atom stereocenters. The highest BCUT2D eigenvalue weighted by molar-refractivity contribution is 7.11. The minimum Gasteiger partial charge on any atom is -0.480 e. The van der Waals surface area contributed by atoms with Crippen LogP contribution in [0.15, 0.2) is 42.5 Å². The van der Waals surface area contributed by atoms with E-state index in [2.05, 4.69) is 29.2 Å². The molecule has 0 radical (unpaired) electrons. The van der Waals surface area contributed by atoms with E-state index in [0.717, 1.165) is 15.6 Å². The predicted molar refractivity (Wildman–Crippen MR) is 103 cm³/mol. The number of rotatable bonds is 6. The molecule has 0 aliphatic heterocycles. The van der Waals surface area contributed by atoms with Crippen LogP contribution in [-0.4, -0.2) is 40.5 Å². The van der Waals surface area contributed by atoms with Crippen LogP contribution < -0.4 is 0 Å². The number of aryl methyl sites for hydroxylation is 1. The van der Waals surface area contributed by atoms with Crippen molar-refractivity contribution < 1.29 is 14.7 Å². The van der Waals surface area contributed by atoms with Gasteiger partial charge < -0.3 is 10.0 Å². The van der Waals surface area contributed by atoms with Crippen LogP contribution in [0.4, 0.5) is 0 Å². The molecule has 6 heteroatoms. The van der Waals surface area contributed by atoms with Crippen molar-refractivity contribution in [2.45, 2.75) is 19.8 Å². The fourth-order valence-electron chi connectivity index (χ4n) is 2.90. The molecular formula is C20H20N2O3S. The molecule has 5 nitrogen and oxygen atoms in total. The molecule has 1 heterocycles. The summed E-state index contributed by atoms with van der Waals surface area (Å²) in [6, 6.07) is 14.5. The second-order valence-electron chi connectivity index (χ2n) is 6.25. The van der Waals surface area contributed by atoms with Gasteiger partial charge in [-0.1, -0.05) is 42.5 Å². The second kappa shape index (κ2) is 7.66. The Morgan fingerprint density at radius 1 is 1.15 bits per heavy atom. The standard InChI is InChI=1S/C20H20N2O3S/c1-13-17(11-19(23)22(2)12-20(24)25)26-18(21-13)10-15-8-5-7-14-6-3-4-9-16(14)15/h3-9H,10-12H2,1-2H3,(H,24,25). The van der Waals surface area contributed by atoms with Gasteiger partial charge in [-0.2, -0.15) is 0 Å². The Hall–Kier alpha value is -2.73. The quantitative estimate of drug-likeness (QED) is 0.725. The van der Waals surface area contributed by atoms with Crippen molar-refractivity contribution in [1.82, 2.24) is 9.88 Å². The van der Waals surface area contributed by atoms with Gasteiger partial charge in [0.15, 0.2) is 0 Å². The van der Waals surface area contributed by atoms with E-state index in [4.69, 9.17) is 5.11 Å². The number of carbonyl (C=O) groups is 2. The summed E-state index contributed by atoms with van der Waals surface area (Å²) in [6.07, 6.45) is 0.898. The van der Waals surface area contributed by atoms with Crippen LogP contribution in [-0.2, 0) is 22.4 Å². The zero-order valence-corrected chi connectivity index (χ0v) is 15.5. The second-order valence-corrected chi connectivity index (χ2v) is 7.42. The third kappa shape index (κ3) is 4.08. The lowest BCUT2D eigenvalue weighted by atomic mass is 10.0. The maximum Gasteiger partial charge on any atom is 0.323 e. The Labute approximate surface area is 155 Å². The third-order valence-corrected chi connectivity index (χ3v) is 5.43. The Balaban J connectivity index is 1.78. The van der Waals surface area contributed by atoms with Gasteiger partial charge in [0, 0.05) is 18.3 Å². The molecule has 0 bridgehead atoms. The molecule has 0 atom stereocenters. The summed E-state index contributed by atoms with van der Waals surface area (Å²) in [7, 11) is 1.50. The third-order valence-electron chi connectivity index (χ3n) is 4.27. The van der Waals surface area contributed by atoms with E-state index in [-0.39, 0.29) is 18.9 Å². The number of aliphatic carboxylic acids is 1. The first-order valence-electron chi connectivity index (χ1n) is 8.31. The molecular weight excluding hydrogens is 348 g/mol. The summed E-state index contributed by atoms with van der Waals surface area (Å²) >= 11 is 1.52. The van der Waals surface area contributed by atoms with Crippen LogP contribution in [0, 0.1) is 6.92 Å². The highest BCUT2D eigenvalue weighted by Gasteiger charge is 2.17. The molecule has 134 valence electrons. The number of thiazole rings is 1. The maximum absolute atomic E-state index is 12.2. The number of nitrogens with zero attached hydrogens (tertiary/aromatic N) is 2. The van der Waals surface area contributed by atoms with Crippen LogP contribution in [0.25, 0.3) is 10.8 Å². The number of carbonyl (C=O) groups excluding carboxylic acids is 1. The lowest BCUT2D eigenvalue weighted by Crippen LogP contribution is -2.33. The molecule has 0 fully saturated rings. The van der Waals surface area contributed by atoms with Gasteiger partial charge in [-0.15, -0.1) is 11.3 Å². The number of hydrogen-bond donors (Lipinski definition) is 1. The van der Waals surface area contributed by atoms with E-state index in [1.165, 1.54) is 39.6 Å². The largest absolute Gasteiger partial charge is 0.480 e. The van der Waals surface area contributed by atoms with Gasteiger partial charge in [0.1, 0.15) is 6.54 Å². The summed E-state index contributed by atoms with van der Waals surface area (Å²) in [5.74, 6) is -1.23. The zero-order chi connectivity index (χ0) is 18.7. The van der Waals surface area contributed by atoms with Crippen LogP contribution in [0.1, 0.15) is 21.1 Å². The smallest absolute Gasteiger partial charge is 0.323 e. The van der Waals surface area contributed by atoms with Crippen molar-refractivity contribution in [3.8, 4) is 0 Å². The molecule has 2 aromatic carbocycles. The van der Waals surface area contributed by atoms with Crippen molar-refractivity contribution in [3.63, 3.8) is 0 Å². The monoisotopic (exact) mass is 368 g/mol. The molecule has 3 aromatic rings. The van der Waals surface area contributed by atoms with E-state index >= 15 is 0 Å². The van der Waals surface area contributed by atoms with Crippen molar-refractivity contribution in [2.24, 2.45) is 0 Å². The number of carboxylic acids is 1. The SMILES string of the molecule is Cc1nc(Cc2cccc3ccccc23)sc1CC(=O)N(C)CC(=O)O. The normalized spacial score (nSPS) is 10.8. The Morgan fingerprint density at radius 3 is 2.65 bits per heavy atom. The first kappa shape index (κ1) is 18.1. The topological polar surface area (TPSA) is 70.5 Å². The van der Waals surface area contributed by atoms with E-state index < -0.39 is 5.97 Å². The van der Waals surface area contributed by atoms with Gasteiger partial charge in [0.25, 0.3) is 0 Å². The van der Waals surface area contributed by atoms with E-state index in [0.29, 0.717) is 6.42 Å². The number of hydrogen-bond acceptors (Lipinski definition) is 4. The summed E-state index contributed by atoms with van der Waals surface area (Å²) < 4.78 is 0. The van der Waals surface area contributed by atoms with Gasteiger partial charge >= 0.3 is 5.97 Å². The number of fused-ring (bicyclic) bond motifs is 1. The first-order chi connectivity index (χ1) is 12.4. The highest BCUT2D eigenvalue weighted by atomic mass is 32.1. The molecule has 0 spiro atoms.